The number of nitrogens with one attached hydrogen (secondary N) is 2. The minimum absolute atomic E-state index is 0.233. The van der Waals surface area contributed by atoms with Crippen LogP contribution in [0.15, 0.2) is 42.5 Å². The maximum absolute atomic E-state index is 12.2. The zero-order valence-electron chi connectivity index (χ0n) is 12.1. The average Bonchev–Trinajstić information content (AvgIpc) is 2.47. The molecule has 1 amide bonds. The second-order valence-electron chi connectivity index (χ2n) is 5.17. The smallest absolute Gasteiger partial charge is 0.406 e. The minimum Gasteiger partial charge on any atom is -0.406 e. The molecule has 1 aliphatic heterocycles. The Balaban J connectivity index is 1.84. The van der Waals surface area contributed by atoms with Gasteiger partial charge in [-0.25, -0.2) is 0 Å². The summed E-state index contributed by atoms with van der Waals surface area (Å²) in [5.74, 6) is -0.539. The fourth-order valence-electron chi connectivity index (χ4n) is 2.47. The highest BCUT2D eigenvalue weighted by atomic mass is 19.4. The van der Waals surface area contributed by atoms with E-state index in [1.54, 1.807) is 12.1 Å². The summed E-state index contributed by atoms with van der Waals surface area (Å²) in [5, 5.41) is 5.96. The van der Waals surface area contributed by atoms with Crippen LogP contribution in [0, 0.1) is 6.92 Å². The Hall–Kier alpha value is -2.70. The number of ether oxygens (including phenoxy) is 1. The van der Waals surface area contributed by atoms with Gasteiger partial charge in [0.25, 0.3) is 5.91 Å². The molecule has 0 bridgehead atoms. The van der Waals surface area contributed by atoms with Crippen LogP contribution in [-0.4, -0.2) is 12.3 Å². The van der Waals surface area contributed by atoms with Gasteiger partial charge in [0.05, 0.1) is 11.3 Å². The highest BCUT2D eigenvalue weighted by molar-refractivity contribution is 6.02. The molecule has 0 aromatic heterocycles. The quantitative estimate of drug-likeness (QED) is 0.885. The summed E-state index contributed by atoms with van der Waals surface area (Å²) in [6, 6.07) is 10.8. The van der Waals surface area contributed by atoms with Gasteiger partial charge < -0.3 is 15.4 Å². The van der Waals surface area contributed by atoms with E-state index in [4.69, 9.17) is 0 Å². The minimum atomic E-state index is -4.73. The molecule has 1 heterocycles. The number of hydrogen-bond donors (Lipinski definition) is 2. The van der Waals surface area contributed by atoms with Crippen molar-refractivity contribution in [2.24, 2.45) is 0 Å². The van der Waals surface area contributed by atoms with Gasteiger partial charge in [0.15, 0.2) is 0 Å². The van der Waals surface area contributed by atoms with E-state index in [0.717, 1.165) is 11.3 Å². The number of rotatable bonds is 2. The number of aryl methyl sites for hydroxylation is 1. The first-order valence-electron chi connectivity index (χ1n) is 6.86. The van der Waals surface area contributed by atoms with Crippen LogP contribution in [0.4, 0.5) is 18.9 Å². The third kappa shape index (κ3) is 3.23. The predicted octanol–water partition coefficient (Wildman–Crippen LogP) is 3.75. The Morgan fingerprint density at radius 3 is 2.39 bits per heavy atom. The number of fused-ring (bicyclic) bond motifs is 1. The molecule has 2 aromatic carbocycles. The number of para-hydroxylation sites is 1. The van der Waals surface area contributed by atoms with Crippen molar-refractivity contribution in [1.82, 2.24) is 5.32 Å². The largest absolute Gasteiger partial charge is 0.573 e. The van der Waals surface area contributed by atoms with Crippen molar-refractivity contribution in [1.29, 1.82) is 0 Å². The lowest BCUT2D eigenvalue weighted by molar-refractivity contribution is -0.274. The van der Waals surface area contributed by atoms with E-state index in [-0.39, 0.29) is 11.7 Å². The van der Waals surface area contributed by atoms with Crippen molar-refractivity contribution in [3.63, 3.8) is 0 Å². The van der Waals surface area contributed by atoms with E-state index in [9.17, 15) is 18.0 Å². The standard InChI is InChI=1S/C16H13F3N2O2/c1-9-3-2-4-12-13(9)20-14(21-15(12)22)10-5-7-11(8-6-10)23-16(17,18)19/h2-8,14,20H,1H3,(H,21,22). The molecule has 0 fully saturated rings. The van der Waals surface area contributed by atoms with E-state index in [2.05, 4.69) is 15.4 Å². The van der Waals surface area contributed by atoms with Gasteiger partial charge in [-0.2, -0.15) is 0 Å². The van der Waals surface area contributed by atoms with Gasteiger partial charge in [0, 0.05) is 0 Å². The molecule has 23 heavy (non-hydrogen) atoms. The molecule has 1 unspecified atom stereocenters. The third-order valence-electron chi connectivity index (χ3n) is 3.53. The van der Waals surface area contributed by atoms with Crippen molar-refractivity contribution >= 4 is 11.6 Å². The Kier molecular flexibility index (Phi) is 3.63. The van der Waals surface area contributed by atoms with Crippen molar-refractivity contribution in [3.05, 3.63) is 59.2 Å². The SMILES string of the molecule is Cc1cccc2c1NC(c1ccc(OC(F)(F)F)cc1)NC2=O. The van der Waals surface area contributed by atoms with E-state index in [0.29, 0.717) is 11.1 Å². The van der Waals surface area contributed by atoms with Crippen LogP contribution < -0.4 is 15.4 Å². The van der Waals surface area contributed by atoms with Crippen LogP contribution in [0.3, 0.4) is 0 Å². The maximum Gasteiger partial charge on any atom is 0.573 e. The normalized spacial score (nSPS) is 17.0. The highest BCUT2D eigenvalue weighted by Gasteiger charge is 2.31. The fourth-order valence-corrected chi connectivity index (χ4v) is 2.47. The summed E-state index contributed by atoms with van der Waals surface area (Å²) in [5.41, 5.74) is 2.80. The molecule has 2 aromatic rings. The first-order chi connectivity index (χ1) is 10.8. The summed E-state index contributed by atoms with van der Waals surface area (Å²) >= 11 is 0. The summed E-state index contributed by atoms with van der Waals surface area (Å²) in [7, 11) is 0. The lowest BCUT2D eigenvalue weighted by Gasteiger charge is -2.29. The monoisotopic (exact) mass is 322 g/mol. The Morgan fingerprint density at radius 2 is 1.74 bits per heavy atom. The molecule has 0 radical (unpaired) electrons. The number of hydrogen-bond acceptors (Lipinski definition) is 3. The lowest BCUT2D eigenvalue weighted by Crippen LogP contribution is -2.38. The van der Waals surface area contributed by atoms with E-state index in [1.165, 1.54) is 24.3 Å². The number of anilines is 1. The number of amides is 1. The van der Waals surface area contributed by atoms with Gasteiger partial charge >= 0.3 is 6.36 Å². The zero-order chi connectivity index (χ0) is 16.6. The van der Waals surface area contributed by atoms with Crippen molar-refractivity contribution in [3.8, 4) is 5.75 Å². The number of benzene rings is 2. The molecule has 1 atom stereocenters. The number of carbonyl (C=O) groups excluding carboxylic acids is 1. The highest BCUT2D eigenvalue weighted by Crippen LogP contribution is 2.30. The summed E-state index contributed by atoms with van der Waals surface area (Å²) < 4.78 is 40.3. The van der Waals surface area contributed by atoms with Gasteiger partial charge in [0.2, 0.25) is 0 Å². The topological polar surface area (TPSA) is 50.4 Å². The Morgan fingerprint density at radius 1 is 1.04 bits per heavy atom. The molecule has 4 nitrogen and oxygen atoms in total. The number of halogens is 3. The van der Waals surface area contributed by atoms with Crippen LogP contribution in [0.2, 0.25) is 0 Å². The van der Waals surface area contributed by atoms with E-state index < -0.39 is 12.5 Å². The molecule has 0 aliphatic carbocycles. The van der Waals surface area contributed by atoms with Crippen LogP contribution in [0.5, 0.6) is 5.75 Å². The number of alkyl halides is 3. The van der Waals surface area contributed by atoms with Crippen LogP contribution in [0.25, 0.3) is 0 Å². The van der Waals surface area contributed by atoms with Crippen molar-refractivity contribution < 1.29 is 22.7 Å². The second kappa shape index (κ2) is 5.49. The lowest BCUT2D eigenvalue weighted by atomic mass is 10.0. The molecule has 0 saturated heterocycles. The summed E-state index contributed by atoms with van der Waals surface area (Å²) in [4.78, 5) is 12.2. The first kappa shape index (κ1) is 15.2. The summed E-state index contributed by atoms with van der Waals surface area (Å²) in [6.07, 6.45) is -5.24. The molecule has 2 N–H and O–H groups in total. The molecule has 3 rings (SSSR count). The van der Waals surface area contributed by atoms with Gasteiger partial charge in [-0.15, -0.1) is 13.2 Å². The number of carbonyl (C=O) groups is 1. The fraction of sp³-hybridized carbons (Fsp3) is 0.188. The molecule has 120 valence electrons. The predicted molar refractivity (Wildman–Crippen MR) is 78.1 cm³/mol. The molecule has 0 saturated carbocycles. The van der Waals surface area contributed by atoms with Gasteiger partial charge in [-0.05, 0) is 36.2 Å². The Labute approximate surface area is 130 Å². The van der Waals surface area contributed by atoms with Gasteiger partial charge in [-0.1, -0.05) is 24.3 Å². The van der Waals surface area contributed by atoms with Crippen LogP contribution >= 0.6 is 0 Å². The van der Waals surface area contributed by atoms with E-state index in [1.807, 2.05) is 13.0 Å². The molecule has 0 spiro atoms. The Bertz CT molecular complexity index is 742. The second-order valence-corrected chi connectivity index (χ2v) is 5.17. The zero-order valence-corrected chi connectivity index (χ0v) is 12.1. The van der Waals surface area contributed by atoms with Gasteiger partial charge in [-0.3, -0.25) is 4.79 Å². The van der Waals surface area contributed by atoms with Crippen molar-refractivity contribution in [2.75, 3.05) is 5.32 Å². The molecule has 7 heteroatoms. The third-order valence-corrected chi connectivity index (χ3v) is 3.53. The molecular weight excluding hydrogens is 309 g/mol. The van der Waals surface area contributed by atoms with Crippen LogP contribution in [0.1, 0.15) is 27.7 Å². The first-order valence-corrected chi connectivity index (χ1v) is 6.86. The molecular formula is C16H13F3N2O2. The van der Waals surface area contributed by atoms with Crippen LogP contribution in [-0.2, 0) is 0 Å². The molecule has 1 aliphatic rings. The van der Waals surface area contributed by atoms with Crippen molar-refractivity contribution in [2.45, 2.75) is 19.5 Å². The average molecular weight is 322 g/mol. The van der Waals surface area contributed by atoms with E-state index >= 15 is 0 Å². The van der Waals surface area contributed by atoms with Gasteiger partial charge in [0.1, 0.15) is 11.9 Å². The maximum atomic E-state index is 12.2. The summed E-state index contributed by atoms with van der Waals surface area (Å²) in [6.45, 7) is 1.88.